The SMILES string of the molecule is C=C1CC[C@@H]2[C@]3(C)COS(=O)O[C@@H]3CC[C@@]2(C)[C@@H]1C/C=C1/C(=O)OCC1N(C=O)C(=O)CC. The van der Waals surface area contributed by atoms with Crippen LogP contribution in [-0.4, -0.2) is 52.8 Å². The van der Waals surface area contributed by atoms with E-state index in [0.29, 0.717) is 25.0 Å². The molecule has 0 bridgehead atoms. The topological polar surface area (TPSA) is 99.2 Å². The molecule has 4 fully saturated rings. The van der Waals surface area contributed by atoms with Crippen molar-refractivity contribution in [1.82, 2.24) is 4.90 Å². The summed E-state index contributed by atoms with van der Waals surface area (Å²) < 4.78 is 28.1. The first-order chi connectivity index (χ1) is 15.7. The molecule has 2 saturated heterocycles. The van der Waals surface area contributed by atoms with Gasteiger partial charge in [0.25, 0.3) is 0 Å². The van der Waals surface area contributed by atoms with E-state index in [-0.39, 0.29) is 47.7 Å². The third kappa shape index (κ3) is 4.02. The highest BCUT2D eigenvalue weighted by molar-refractivity contribution is 7.75. The number of imide groups is 1. The van der Waals surface area contributed by atoms with Gasteiger partial charge < -0.3 is 4.74 Å². The van der Waals surface area contributed by atoms with Crippen LogP contribution < -0.4 is 0 Å². The summed E-state index contributed by atoms with van der Waals surface area (Å²) in [6.07, 6.45) is 6.48. The number of carbonyl (C=O) groups is 3. The van der Waals surface area contributed by atoms with Gasteiger partial charge in [-0.25, -0.2) is 4.79 Å². The molecule has 4 aliphatic rings. The Hall–Kier alpha value is -1.84. The van der Waals surface area contributed by atoms with Crippen molar-refractivity contribution in [1.29, 1.82) is 0 Å². The van der Waals surface area contributed by atoms with Crippen molar-refractivity contribution < 1.29 is 31.7 Å². The zero-order valence-corrected chi connectivity index (χ0v) is 20.4. The summed E-state index contributed by atoms with van der Waals surface area (Å²) in [6, 6.07) is -0.689. The van der Waals surface area contributed by atoms with Crippen molar-refractivity contribution in [2.45, 2.75) is 71.4 Å². The van der Waals surface area contributed by atoms with Crippen molar-refractivity contribution in [3.05, 3.63) is 23.8 Å². The number of esters is 1. The number of nitrogens with zero attached hydrogens (tertiary/aromatic N) is 1. The smallest absolute Gasteiger partial charge is 0.336 e. The van der Waals surface area contributed by atoms with Crippen molar-refractivity contribution in [2.75, 3.05) is 13.2 Å². The van der Waals surface area contributed by atoms with Gasteiger partial charge in [0.1, 0.15) is 12.6 Å². The molecule has 7 atom stereocenters. The quantitative estimate of drug-likeness (QED) is 0.259. The second-order valence-electron chi connectivity index (χ2n) is 10.2. The van der Waals surface area contributed by atoms with Gasteiger partial charge in [0.2, 0.25) is 12.3 Å². The van der Waals surface area contributed by atoms with E-state index in [2.05, 4.69) is 20.4 Å². The van der Waals surface area contributed by atoms with Crippen LogP contribution in [-0.2, 0) is 38.8 Å². The minimum Gasteiger partial charge on any atom is -0.460 e. The van der Waals surface area contributed by atoms with Crippen LogP contribution in [0.2, 0.25) is 0 Å². The third-order valence-corrected chi connectivity index (χ3v) is 9.26. The standard InChI is InChI=1S/C24H33NO7S/c1-5-21(27)25(14-26)18-12-30-22(28)16(18)7-8-17-15(2)6-9-19-23(17,3)11-10-20-24(19,4)13-31-33(29)32-20/h7,14,17-20H,2,5-6,8-13H2,1,3-4H3/b16-7+/t17-,18?,19+,20-,23+,24+,33?/m1/s1. The highest BCUT2D eigenvalue weighted by Gasteiger charge is 2.60. The zero-order chi connectivity index (χ0) is 24.0. The van der Waals surface area contributed by atoms with E-state index in [4.69, 9.17) is 13.1 Å². The predicted octanol–water partition coefficient (Wildman–Crippen LogP) is 3.01. The van der Waals surface area contributed by atoms with Gasteiger partial charge in [-0.1, -0.05) is 39.0 Å². The number of hydrogen-bond acceptors (Lipinski definition) is 7. The average Bonchev–Trinajstić information content (AvgIpc) is 3.14. The first-order valence-corrected chi connectivity index (χ1v) is 12.7. The van der Waals surface area contributed by atoms with Gasteiger partial charge in [-0.15, -0.1) is 0 Å². The molecule has 33 heavy (non-hydrogen) atoms. The van der Waals surface area contributed by atoms with E-state index in [1.165, 1.54) is 0 Å². The Kier molecular flexibility index (Phi) is 6.68. The van der Waals surface area contributed by atoms with Crippen LogP contribution in [0.5, 0.6) is 0 Å². The lowest BCUT2D eigenvalue weighted by molar-refractivity contribution is -0.154. The summed E-state index contributed by atoms with van der Waals surface area (Å²) >= 11 is -1.69. The Morgan fingerprint density at radius 1 is 1.30 bits per heavy atom. The summed E-state index contributed by atoms with van der Waals surface area (Å²) in [7, 11) is 0. The Morgan fingerprint density at radius 3 is 2.76 bits per heavy atom. The zero-order valence-electron chi connectivity index (χ0n) is 19.5. The molecule has 0 spiro atoms. The fourth-order valence-corrected chi connectivity index (χ4v) is 7.61. The van der Waals surface area contributed by atoms with Crippen LogP contribution in [0, 0.1) is 22.7 Å². The van der Waals surface area contributed by atoms with Gasteiger partial charge in [0.15, 0.2) is 0 Å². The van der Waals surface area contributed by atoms with Gasteiger partial charge >= 0.3 is 17.3 Å². The number of amides is 2. The minimum atomic E-state index is -1.69. The van der Waals surface area contributed by atoms with E-state index >= 15 is 0 Å². The lowest BCUT2D eigenvalue weighted by Gasteiger charge is -2.61. The Balaban J connectivity index is 1.61. The second-order valence-corrected chi connectivity index (χ2v) is 11.0. The van der Waals surface area contributed by atoms with Gasteiger partial charge in [-0.05, 0) is 49.4 Å². The fraction of sp³-hybridized carbons (Fsp3) is 0.708. The molecule has 0 aromatic heterocycles. The maximum absolute atomic E-state index is 12.5. The lowest BCUT2D eigenvalue weighted by Crippen LogP contribution is -2.60. The minimum absolute atomic E-state index is 0.00772. The second kappa shape index (κ2) is 9.07. The summed E-state index contributed by atoms with van der Waals surface area (Å²) in [6.45, 7) is 10.9. The Labute approximate surface area is 197 Å². The third-order valence-electron chi connectivity index (χ3n) is 8.56. The molecular weight excluding hydrogens is 446 g/mol. The van der Waals surface area contributed by atoms with Crippen LogP contribution in [0.4, 0.5) is 0 Å². The van der Waals surface area contributed by atoms with Gasteiger partial charge in [0, 0.05) is 11.8 Å². The average molecular weight is 480 g/mol. The van der Waals surface area contributed by atoms with E-state index in [1.807, 2.05) is 6.08 Å². The molecule has 0 N–H and O–H groups in total. The molecule has 2 aliphatic carbocycles. The van der Waals surface area contributed by atoms with Crippen molar-refractivity contribution >= 4 is 29.6 Å². The first-order valence-electron chi connectivity index (χ1n) is 11.7. The fourth-order valence-electron chi connectivity index (χ4n) is 6.70. The molecule has 8 nitrogen and oxygen atoms in total. The molecule has 2 amide bonds. The molecule has 0 aromatic rings. The molecule has 182 valence electrons. The number of allylic oxidation sites excluding steroid dienone is 2. The first kappa shape index (κ1) is 24.3. The van der Waals surface area contributed by atoms with E-state index in [9.17, 15) is 18.6 Å². The largest absolute Gasteiger partial charge is 0.460 e. The monoisotopic (exact) mass is 479 g/mol. The molecule has 0 radical (unpaired) electrons. The van der Waals surface area contributed by atoms with Crippen molar-refractivity contribution in [2.24, 2.45) is 22.7 Å². The van der Waals surface area contributed by atoms with Crippen molar-refractivity contribution in [3.63, 3.8) is 0 Å². The maximum Gasteiger partial charge on any atom is 0.336 e. The van der Waals surface area contributed by atoms with E-state index in [1.54, 1.807) is 6.92 Å². The molecule has 2 saturated carbocycles. The van der Waals surface area contributed by atoms with Gasteiger partial charge in [-0.2, -0.15) is 4.21 Å². The molecule has 2 aliphatic heterocycles. The number of cyclic esters (lactones) is 1. The van der Waals surface area contributed by atoms with Crippen LogP contribution in [0.15, 0.2) is 23.8 Å². The van der Waals surface area contributed by atoms with Crippen LogP contribution in [0.1, 0.15) is 59.3 Å². The van der Waals surface area contributed by atoms with Crippen LogP contribution in [0.25, 0.3) is 0 Å². The van der Waals surface area contributed by atoms with Crippen molar-refractivity contribution in [3.8, 4) is 0 Å². The molecular formula is C24H33NO7S. The molecule has 2 heterocycles. The van der Waals surface area contributed by atoms with E-state index in [0.717, 1.165) is 36.2 Å². The normalized spacial score (nSPS) is 41.8. The highest BCUT2D eigenvalue weighted by Crippen LogP contribution is 2.63. The lowest BCUT2D eigenvalue weighted by atomic mass is 9.46. The van der Waals surface area contributed by atoms with Crippen LogP contribution >= 0.6 is 0 Å². The predicted molar refractivity (Wildman–Crippen MR) is 120 cm³/mol. The molecule has 0 aromatic carbocycles. The van der Waals surface area contributed by atoms with Crippen LogP contribution in [0.3, 0.4) is 0 Å². The van der Waals surface area contributed by atoms with E-state index < -0.39 is 23.4 Å². The summed E-state index contributed by atoms with van der Waals surface area (Å²) in [4.78, 5) is 37.3. The number of hydrogen-bond donors (Lipinski definition) is 0. The summed E-state index contributed by atoms with van der Waals surface area (Å²) in [5, 5.41) is 0. The Bertz CT molecular complexity index is 916. The number of rotatable bonds is 5. The van der Waals surface area contributed by atoms with Gasteiger partial charge in [-0.3, -0.25) is 22.9 Å². The number of carbonyl (C=O) groups excluding carboxylic acids is 3. The molecule has 4 rings (SSSR count). The van der Waals surface area contributed by atoms with Gasteiger partial charge in [0.05, 0.1) is 18.3 Å². The molecule has 2 unspecified atom stereocenters. The summed E-state index contributed by atoms with van der Waals surface area (Å²) in [5.41, 5.74) is 1.17. The Morgan fingerprint density at radius 2 is 2.06 bits per heavy atom. The molecule has 9 heteroatoms. The summed E-state index contributed by atoms with van der Waals surface area (Å²) in [5.74, 6) is -0.413. The maximum atomic E-state index is 12.5. The highest BCUT2D eigenvalue weighted by atomic mass is 32.2. The number of fused-ring (bicyclic) bond motifs is 3. The number of ether oxygens (including phenoxy) is 1.